The van der Waals surface area contributed by atoms with Gasteiger partial charge in [0.2, 0.25) is 15.9 Å². The molecule has 21 heavy (non-hydrogen) atoms. The lowest BCUT2D eigenvalue weighted by Crippen LogP contribution is -2.42. The third-order valence-electron chi connectivity index (χ3n) is 2.49. The van der Waals surface area contributed by atoms with Gasteiger partial charge in [0.25, 0.3) is 0 Å². The summed E-state index contributed by atoms with van der Waals surface area (Å²) in [6, 6.07) is 2.85. The number of carbonyl (C=O) groups excluding carboxylic acids is 2. The van der Waals surface area contributed by atoms with E-state index in [2.05, 4.69) is 20.7 Å². The number of esters is 1. The van der Waals surface area contributed by atoms with E-state index in [1.54, 1.807) is 6.92 Å². The van der Waals surface area contributed by atoms with E-state index >= 15 is 0 Å². The maximum Gasteiger partial charge on any atom is 0.338 e. The molecule has 0 saturated heterocycles. The number of benzene rings is 1. The molecule has 0 fully saturated rings. The number of nitrogens with two attached hydrogens (primary N) is 1. The molecule has 3 N–H and O–H groups in total. The van der Waals surface area contributed by atoms with Crippen LogP contribution in [0.2, 0.25) is 0 Å². The number of nitrogens with one attached hydrogen (secondary N) is 1. The van der Waals surface area contributed by atoms with Gasteiger partial charge < -0.3 is 10.5 Å². The summed E-state index contributed by atoms with van der Waals surface area (Å²) in [6.07, 6.45) is 0. The van der Waals surface area contributed by atoms with Gasteiger partial charge >= 0.3 is 5.97 Å². The summed E-state index contributed by atoms with van der Waals surface area (Å²) in [5.41, 5.74) is 5.23. The maximum atomic E-state index is 12.1. The third-order valence-corrected chi connectivity index (χ3v) is 5.01. The fraction of sp³-hybridized carbons (Fsp3) is 0.333. The second-order valence-electron chi connectivity index (χ2n) is 4.11. The first-order valence-electron chi connectivity index (χ1n) is 5.97. The van der Waals surface area contributed by atoms with Crippen molar-refractivity contribution in [1.29, 1.82) is 0 Å². The van der Waals surface area contributed by atoms with Crippen LogP contribution in [0.4, 0.5) is 0 Å². The summed E-state index contributed by atoms with van der Waals surface area (Å²) in [5.74, 6) is -1.35. The van der Waals surface area contributed by atoms with E-state index in [-0.39, 0.29) is 21.5 Å². The molecule has 0 aliphatic rings. The van der Waals surface area contributed by atoms with Crippen LogP contribution in [0, 0.1) is 0 Å². The molecule has 0 unspecified atom stereocenters. The van der Waals surface area contributed by atoms with Crippen molar-refractivity contribution in [3.8, 4) is 0 Å². The number of rotatable bonds is 6. The Morgan fingerprint density at radius 3 is 2.52 bits per heavy atom. The first kappa shape index (κ1) is 17.6. The summed E-state index contributed by atoms with van der Waals surface area (Å²) in [5, 5.41) is 0. The van der Waals surface area contributed by atoms with Gasteiger partial charge in [-0.1, -0.05) is 0 Å². The van der Waals surface area contributed by atoms with E-state index in [9.17, 15) is 18.0 Å². The normalized spacial score (nSPS) is 12.7. The lowest BCUT2D eigenvalue weighted by molar-refractivity contribution is -0.119. The number of hydrogen-bond donors (Lipinski definition) is 2. The Morgan fingerprint density at radius 1 is 1.43 bits per heavy atom. The molecule has 1 rings (SSSR count). The summed E-state index contributed by atoms with van der Waals surface area (Å²) >= 11 is 3.09. The van der Waals surface area contributed by atoms with Gasteiger partial charge in [-0.05, 0) is 48.0 Å². The molecule has 0 heterocycles. The van der Waals surface area contributed by atoms with Gasteiger partial charge in [0.05, 0.1) is 23.1 Å². The molecular formula is C12H15BrN2O5S. The molecule has 1 aromatic carbocycles. The van der Waals surface area contributed by atoms with Gasteiger partial charge in [0, 0.05) is 4.47 Å². The molecule has 1 aromatic rings. The van der Waals surface area contributed by atoms with Crippen molar-refractivity contribution >= 4 is 37.8 Å². The van der Waals surface area contributed by atoms with Crippen molar-refractivity contribution in [2.45, 2.75) is 24.8 Å². The van der Waals surface area contributed by atoms with Gasteiger partial charge in [-0.3, -0.25) is 4.79 Å². The predicted octanol–water partition coefficient (Wildman–Crippen LogP) is 0.778. The van der Waals surface area contributed by atoms with E-state index in [0.717, 1.165) is 0 Å². The molecule has 0 bridgehead atoms. The SMILES string of the molecule is CCOC(=O)c1ccc(S(=O)(=O)N[C@@H](C)C(N)=O)c(Br)c1. The molecule has 116 valence electrons. The van der Waals surface area contributed by atoms with Crippen molar-refractivity contribution in [3.05, 3.63) is 28.2 Å². The molecule has 0 spiro atoms. The van der Waals surface area contributed by atoms with Gasteiger partial charge in [-0.15, -0.1) is 0 Å². The Morgan fingerprint density at radius 2 is 2.05 bits per heavy atom. The number of carbonyl (C=O) groups is 2. The maximum absolute atomic E-state index is 12.1. The number of ether oxygens (including phenoxy) is 1. The monoisotopic (exact) mass is 378 g/mol. The summed E-state index contributed by atoms with van der Waals surface area (Å²) in [7, 11) is -3.94. The minimum atomic E-state index is -3.94. The van der Waals surface area contributed by atoms with Crippen LogP contribution in [0.1, 0.15) is 24.2 Å². The number of amides is 1. The van der Waals surface area contributed by atoms with Gasteiger partial charge in [0.1, 0.15) is 0 Å². The second kappa shape index (κ2) is 7.01. The zero-order valence-corrected chi connectivity index (χ0v) is 13.8. The Bertz CT molecular complexity index is 660. The standard InChI is InChI=1S/C12H15BrN2O5S/c1-3-20-12(17)8-4-5-10(9(13)6-8)21(18,19)15-7(2)11(14)16/h4-7,15H,3H2,1-2H3,(H2,14,16)/t7-/m0/s1. The van der Waals surface area contributed by atoms with Crippen molar-refractivity contribution in [3.63, 3.8) is 0 Å². The minimum Gasteiger partial charge on any atom is -0.462 e. The van der Waals surface area contributed by atoms with Gasteiger partial charge in [0.15, 0.2) is 0 Å². The van der Waals surface area contributed by atoms with Crippen molar-refractivity contribution in [2.24, 2.45) is 5.73 Å². The van der Waals surface area contributed by atoms with Crippen LogP contribution in [-0.2, 0) is 19.6 Å². The Hall–Kier alpha value is -1.45. The lowest BCUT2D eigenvalue weighted by atomic mass is 10.2. The Balaban J connectivity index is 3.09. The molecular weight excluding hydrogens is 364 g/mol. The number of sulfonamides is 1. The predicted molar refractivity (Wildman–Crippen MR) is 79.1 cm³/mol. The smallest absolute Gasteiger partial charge is 0.338 e. The Kier molecular flexibility index (Phi) is 5.87. The molecule has 0 radical (unpaired) electrons. The number of primary amides is 1. The highest BCUT2D eigenvalue weighted by molar-refractivity contribution is 9.10. The van der Waals surface area contributed by atoms with Crippen molar-refractivity contribution in [2.75, 3.05) is 6.61 Å². The number of halogens is 1. The summed E-state index contributed by atoms with van der Waals surface area (Å²) in [4.78, 5) is 22.4. The zero-order chi connectivity index (χ0) is 16.2. The van der Waals surface area contributed by atoms with Crippen LogP contribution in [0.15, 0.2) is 27.6 Å². The van der Waals surface area contributed by atoms with E-state index in [1.165, 1.54) is 25.1 Å². The Labute approximate surface area is 131 Å². The molecule has 0 saturated carbocycles. The van der Waals surface area contributed by atoms with E-state index in [0.29, 0.717) is 0 Å². The molecule has 1 amide bonds. The largest absolute Gasteiger partial charge is 0.462 e. The van der Waals surface area contributed by atoms with Crippen LogP contribution in [0.5, 0.6) is 0 Å². The second-order valence-corrected chi connectivity index (χ2v) is 6.65. The fourth-order valence-electron chi connectivity index (χ4n) is 1.41. The van der Waals surface area contributed by atoms with Crippen LogP contribution in [-0.4, -0.2) is 32.9 Å². The molecule has 0 aliphatic carbocycles. The fourth-order valence-corrected chi connectivity index (χ4v) is 3.70. The first-order chi connectivity index (χ1) is 9.69. The topological polar surface area (TPSA) is 116 Å². The molecule has 7 nitrogen and oxygen atoms in total. The van der Waals surface area contributed by atoms with Crippen LogP contribution in [0.3, 0.4) is 0 Å². The van der Waals surface area contributed by atoms with E-state index in [1.807, 2.05) is 0 Å². The van der Waals surface area contributed by atoms with Crippen LogP contribution < -0.4 is 10.5 Å². The highest BCUT2D eigenvalue weighted by atomic mass is 79.9. The molecule has 9 heteroatoms. The summed E-state index contributed by atoms with van der Waals surface area (Å²) < 4.78 is 31.4. The first-order valence-corrected chi connectivity index (χ1v) is 8.25. The zero-order valence-electron chi connectivity index (χ0n) is 11.4. The number of hydrogen-bond acceptors (Lipinski definition) is 5. The van der Waals surface area contributed by atoms with E-state index in [4.69, 9.17) is 10.5 Å². The average molecular weight is 379 g/mol. The molecule has 1 atom stereocenters. The lowest BCUT2D eigenvalue weighted by Gasteiger charge is -2.12. The third kappa shape index (κ3) is 4.51. The van der Waals surface area contributed by atoms with Crippen LogP contribution >= 0.6 is 15.9 Å². The highest BCUT2D eigenvalue weighted by Crippen LogP contribution is 2.23. The van der Waals surface area contributed by atoms with Crippen molar-refractivity contribution in [1.82, 2.24) is 4.72 Å². The molecule has 0 aliphatic heterocycles. The highest BCUT2D eigenvalue weighted by Gasteiger charge is 2.23. The quantitative estimate of drug-likeness (QED) is 0.709. The summed E-state index contributed by atoms with van der Waals surface area (Å²) in [6.45, 7) is 3.22. The van der Waals surface area contributed by atoms with Crippen molar-refractivity contribution < 1.29 is 22.7 Å². The van der Waals surface area contributed by atoms with Gasteiger partial charge in [-0.2, -0.15) is 4.72 Å². The van der Waals surface area contributed by atoms with Gasteiger partial charge in [-0.25, -0.2) is 13.2 Å². The average Bonchev–Trinajstić information content (AvgIpc) is 2.37. The van der Waals surface area contributed by atoms with Crippen LogP contribution in [0.25, 0.3) is 0 Å². The van der Waals surface area contributed by atoms with E-state index < -0.39 is 27.9 Å². The minimum absolute atomic E-state index is 0.108. The molecule has 0 aromatic heterocycles.